The average Bonchev–Trinajstić information content (AvgIpc) is 3.54. The van der Waals surface area contributed by atoms with Gasteiger partial charge < -0.3 is 9.64 Å². The van der Waals surface area contributed by atoms with E-state index in [1.165, 1.54) is 11.3 Å². The molecular weight excluding hydrogens is 460 g/mol. The first-order valence-electron chi connectivity index (χ1n) is 11.4. The average molecular weight is 489 g/mol. The van der Waals surface area contributed by atoms with Crippen LogP contribution in [0.4, 0.5) is 5.95 Å². The molecule has 0 saturated heterocycles. The number of amides is 2. The number of thiophene rings is 1. The molecule has 0 bridgehead atoms. The predicted molar refractivity (Wildman–Crippen MR) is 139 cm³/mol. The zero-order chi connectivity index (χ0) is 24.8. The molecule has 0 fully saturated rings. The Morgan fingerprint density at radius 1 is 1.06 bits per heavy atom. The van der Waals surface area contributed by atoms with E-state index in [1.54, 1.807) is 18.1 Å². The summed E-state index contributed by atoms with van der Waals surface area (Å²) in [5, 5.41) is 4.78. The van der Waals surface area contributed by atoms with Gasteiger partial charge in [0.15, 0.2) is 0 Å². The van der Waals surface area contributed by atoms with Crippen LogP contribution in [0.1, 0.15) is 23.5 Å². The standard InChI is InChI=1S/C27H28N4O3S/c1-19(2)16-30(26(33)24-10-7-15-35-24)18-25(32)29-27-28-23(20-11-13-22(34-3)14-12-20)17-31(27)21-8-5-4-6-9-21/h4-15,17,19H,16,18H2,1-3H3,(H,28,29,32). The quantitative estimate of drug-likeness (QED) is 0.345. The van der Waals surface area contributed by atoms with E-state index >= 15 is 0 Å². The smallest absolute Gasteiger partial charge is 0.264 e. The number of ether oxygens (including phenoxy) is 1. The van der Waals surface area contributed by atoms with Gasteiger partial charge in [-0.15, -0.1) is 11.3 Å². The van der Waals surface area contributed by atoms with Crippen molar-refractivity contribution in [3.63, 3.8) is 0 Å². The Morgan fingerprint density at radius 2 is 1.80 bits per heavy atom. The normalized spacial score (nSPS) is 10.9. The molecule has 0 aliphatic rings. The second kappa shape index (κ2) is 11.0. The molecule has 0 radical (unpaired) electrons. The van der Waals surface area contributed by atoms with Crippen molar-refractivity contribution in [3.05, 3.63) is 83.2 Å². The van der Waals surface area contributed by atoms with Crippen molar-refractivity contribution in [2.45, 2.75) is 13.8 Å². The molecule has 4 aromatic rings. The summed E-state index contributed by atoms with van der Waals surface area (Å²) >= 11 is 1.37. The van der Waals surface area contributed by atoms with E-state index in [4.69, 9.17) is 9.72 Å². The zero-order valence-electron chi connectivity index (χ0n) is 20.0. The molecule has 180 valence electrons. The number of methoxy groups -OCH3 is 1. The number of benzene rings is 2. The number of nitrogens with zero attached hydrogens (tertiary/aromatic N) is 3. The van der Waals surface area contributed by atoms with Gasteiger partial charge in [0, 0.05) is 24.0 Å². The van der Waals surface area contributed by atoms with Crippen LogP contribution in [-0.2, 0) is 4.79 Å². The van der Waals surface area contributed by atoms with Crippen LogP contribution in [0.2, 0.25) is 0 Å². The molecule has 4 rings (SSSR count). The topological polar surface area (TPSA) is 76.5 Å². The minimum atomic E-state index is -0.306. The maximum Gasteiger partial charge on any atom is 0.264 e. The van der Waals surface area contributed by atoms with Crippen LogP contribution >= 0.6 is 11.3 Å². The van der Waals surface area contributed by atoms with Crippen LogP contribution in [0.5, 0.6) is 5.75 Å². The molecule has 2 aromatic carbocycles. The number of anilines is 1. The fourth-order valence-corrected chi connectivity index (χ4v) is 4.40. The first-order valence-corrected chi connectivity index (χ1v) is 12.2. The highest BCUT2D eigenvalue weighted by Crippen LogP contribution is 2.26. The van der Waals surface area contributed by atoms with Crippen LogP contribution in [0.3, 0.4) is 0 Å². The van der Waals surface area contributed by atoms with Crippen molar-refractivity contribution in [2.24, 2.45) is 5.92 Å². The summed E-state index contributed by atoms with van der Waals surface area (Å²) in [5.74, 6) is 0.916. The van der Waals surface area contributed by atoms with E-state index < -0.39 is 0 Å². The third-order valence-corrected chi connectivity index (χ3v) is 6.17. The number of carbonyl (C=O) groups is 2. The van der Waals surface area contributed by atoms with Gasteiger partial charge in [-0.05, 0) is 53.8 Å². The highest BCUT2D eigenvalue weighted by Gasteiger charge is 2.22. The van der Waals surface area contributed by atoms with Gasteiger partial charge in [-0.2, -0.15) is 0 Å². The number of hydrogen-bond acceptors (Lipinski definition) is 5. The van der Waals surface area contributed by atoms with Crippen LogP contribution in [-0.4, -0.2) is 46.5 Å². The van der Waals surface area contributed by atoms with Crippen LogP contribution in [0.25, 0.3) is 16.9 Å². The summed E-state index contributed by atoms with van der Waals surface area (Å²) < 4.78 is 7.09. The predicted octanol–water partition coefficient (Wildman–Crippen LogP) is 5.35. The second-order valence-electron chi connectivity index (χ2n) is 8.49. The Bertz CT molecular complexity index is 1270. The van der Waals surface area contributed by atoms with Crippen LogP contribution < -0.4 is 10.1 Å². The van der Waals surface area contributed by atoms with E-state index in [0.29, 0.717) is 23.1 Å². The number of nitrogens with one attached hydrogen (secondary N) is 1. The highest BCUT2D eigenvalue weighted by molar-refractivity contribution is 7.12. The molecule has 0 aliphatic heterocycles. The van der Waals surface area contributed by atoms with E-state index in [-0.39, 0.29) is 24.3 Å². The van der Waals surface area contributed by atoms with Crippen molar-refractivity contribution in [2.75, 3.05) is 25.5 Å². The van der Waals surface area contributed by atoms with Crippen molar-refractivity contribution in [3.8, 4) is 22.7 Å². The molecule has 2 heterocycles. The van der Waals surface area contributed by atoms with Crippen molar-refractivity contribution >= 4 is 29.1 Å². The molecule has 0 aliphatic carbocycles. The Labute approximate surface area is 209 Å². The van der Waals surface area contributed by atoms with Gasteiger partial charge in [-0.3, -0.25) is 19.5 Å². The minimum Gasteiger partial charge on any atom is -0.497 e. The molecule has 7 nitrogen and oxygen atoms in total. The first-order chi connectivity index (χ1) is 16.9. The third kappa shape index (κ3) is 5.96. The fraction of sp³-hybridized carbons (Fsp3) is 0.222. The minimum absolute atomic E-state index is 0.0611. The zero-order valence-corrected chi connectivity index (χ0v) is 20.8. The maximum absolute atomic E-state index is 13.1. The largest absolute Gasteiger partial charge is 0.497 e. The third-order valence-electron chi connectivity index (χ3n) is 5.32. The van der Waals surface area contributed by atoms with Crippen LogP contribution in [0.15, 0.2) is 78.3 Å². The lowest BCUT2D eigenvalue weighted by Crippen LogP contribution is -2.40. The molecule has 0 atom stereocenters. The summed E-state index contributed by atoms with van der Waals surface area (Å²) in [6.45, 7) is 4.47. The van der Waals surface area contributed by atoms with E-state index in [0.717, 1.165) is 17.0 Å². The van der Waals surface area contributed by atoms with Gasteiger partial charge in [-0.1, -0.05) is 38.1 Å². The SMILES string of the molecule is COc1ccc(-c2cn(-c3ccccc3)c(NC(=O)CN(CC(C)C)C(=O)c3cccs3)n2)cc1. The number of aromatic nitrogens is 2. The fourth-order valence-electron chi connectivity index (χ4n) is 3.71. The molecule has 1 N–H and O–H groups in total. The molecular formula is C27H28N4O3S. The summed E-state index contributed by atoms with van der Waals surface area (Å²) in [6, 6.07) is 20.9. The lowest BCUT2D eigenvalue weighted by Gasteiger charge is -2.23. The summed E-state index contributed by atoms with van der Waals surface area (Å²) in [6.07, 6.45) is 1.88. The summed E-state index contributed by atoms with van der Waals surface area (Å²) in [4.78, 5) is 33.0. The number of rotatable bonds is 9. The highest BCUT2D eigenvalue weighted by atomic mass is 32.1. The molecule has 0 unspecified atom stereocenters. The van der Waals surface area contributed by atoms with Crippen LogP contribution in [0, 0.1) is 5.92 Å². The Morgan fingerprint density at radius 3 is 2.43 bits per heavy atom. The van der Waals surface area contributed by atoms with Gasteiger partial charge in [-0.25, -0.2) is 4.98 Å². The molecule has 8 heteroatoms. The van der Waals surface area contributed by atoms with E-state index in [1.807, 2.05) is 90.7 Å². The number of carbonyl (C=O) groups excluding carboxylic acids is 2. The molecule has 2 aromatic heterocycles. The summed E-state index contributed by atoms with van der Waals surface area (Å²) in [7, 11) is 1.62. The first kappa shape index (κ1) is 24.2. The molecule has 2 amide bonds. The van der Waals surface area contributed by atoms with Gasteiger partial charge >= 0.3 is 0 Å². The maximum atomic E-state index is 13.1. The summed E-state index contributed by atoms with van der Waals surface area (Å²) in [5.41, 5.74) is 2.47. The lowest BCUT2D eigenvalue weighted by molar-refractivity contribution is -0.117. The number of imidazole rings is 1. The van der Waals surface area contributed by atoms with Gasteiger partial charge in [0.1, 0.15) is 12.3 Å². The molecule has 35 heavy (non-hydrogen) atoms. The second-order valence-corrected chi connectivity index (χ2v) is 9.44. The lowest BCUT2D eigenvalue weighted by atomic mass is 10.1. The van der Waals surface area contributed by atoms with E-state index in [2.05, 4.69) is 5.32 Å². The molecule has 0 spiro atoms. The van der Waals surface area contributed by atoms with Crippen molar-refractivity contribution in [1.82, 2.24) is 14.5 Å². The van der Waals surface area contributed by atoms with Gasteiger partial charge in [0.05, 0.1) is 17.7 Å². The Hall–Kier alpha value is -3.91. The van der Waals surface area contributed by atoms with Gasteiger partial charge in [0.2, 0.25) is 11.9 Å². The monoisotopic (exact) mass is 488 g/mol. The number of para-hydroxylation sites is 1. The number of hydrogen-bond donors (Lipinski definition) is 1. The Kier molecular flexibility index (Phi) is 7.62. The van der Waals surface area contributed by atoms with Gasteiger partial charge in [0.25, 0.3) is 5.91 Å². The Balaban J connectivity index is 1.60. The van der Waals surface area contributed by atoms with E-state index in [9.17, 15) is 9.59 Å². The van der Waals surface area contributed by atoms with Crippen molar-refractivity contribution < 1.29 is 14.3 Å². The molecule has 0 saturated carbocycles. The van der Waals surface area contributed by atoms with Crippen molar-refractivity contribution in [1.29, 1.82) is 0 Å².